The van der Waals surface area contributed by atoms with Gasteiger partial charge < -0.3 is 10.2 Å². The van der Waals surface area contributed by atoms with Crippen LogP contribution in [0.25, 0.3) is 0 Å². The summed E-state index contributed by atoms with van der Waals surface area (Å²) in [7, 11) is -4.57. The Kier molecular flexibility index (Phi) is 4.05. The predicted molar refractivity (Wildman–Crippen MR) is 69.3 cm³/mol. The van der Waals surface area contributed by atoms with Crippen molar-refractivity contribution in [1.82, 2.24) is 5.32 Å². The molecule has 0 aromatic heterocycles. The predicted octanol–water partition coefficient (Wildman–Crippen LogP) is 1.48. The number of sulfone groups is 1. The Bertz CT molecular complexity index is 548. The first-order chi connectivity index (χ1) is 8.93. The van der Waals surface area contributed by atoms with E-state index in [1.165, 1.54) is 12.1 Å². The van der Waals surface area contributed by atoms with Gasteiger partial charge in [-0.2, -0.15) is 8.78 Å². The van der Waals surface area contributed by atoms with Crippen molar-refractivity contribution in [3.8, 4) is 0 Å². The number of rotatable bonds is 3. The number of hydrogen-bond acceptors (Lipinski definition) is 4. The van der Waals surface area contributed by atoms with E-state index in [1.807, 2.05) is 11.8 Å². The third kappa shape index (κ3) is 2.87. The molecular weight excluding hydrogens is 274 g/mol. The smallest absolute Gasteiger partial charge is 0.341 e. The highest BCUT2D eigenvalue weighted by Gasteiger charge is 2.31. The molecule has 1 aromatic carbocycles. The molecule has 1 aliphatic rings. The van der Waals surface area contributed by atoms with E-state index in [2.05, 4.69) is 5.32 Å². The van der Waals surface area contributed by atoms with E-state index in [-0.39, 0.29) is 10.9 Å². The molecule has 0 bridgehead atoms. The van der Waals surface area contributed by atoms with Crippen LogP contribution in [0, 0.1) is 0 Å². The number of halogens is 2. The molecule has 2 rings (SSSR count). The van der Waals surface area contributed by atoms with Crippen molar-refractivity contribution in [1.29, 1.82) is 0 Å². The number of benzene rings is 1. The molecule has 106 valence electrons. The first kappa shape index (κ1) is 14.2. The summed E-state index contributed by atoms with van der Waals surface area (Å²) in [5.74, 6) is -3.39. The highest BCUT2D eigenvalue weighted by molar-refractivity contribution is 7.91. The third-order valence-electron chi connectivity index (χ3n) is 3.12. The van der Waals surface area contributed by atoms with Gasteiger partial charge in [0.25, 0.3) is 0 Å². The summed E-state index contributed by atoms with van der Waals surface area (Å²) in [6.45, 7) is 3.86. The van der Waals surface area contributed by atoms with Gasteiger partial charge in [-0.05, 0) is 19.1 Å². The van der Waals surface area contributed by atoms with Crippen LogP contribution in [-0.4, -0.2) is 39.9 Å². The molecule has 1 heterocycles. The van der Waals surface area contributed by atoms with Gasteiger partial charge in [-0.15, -0.1) is 0 Å². The van der Waals surface area contributed by atoms with Crippen molar-refractivity contribution in [2.75, 3.05) is 24.5 Å². The van der Waals surface area contributed by atoms with E-state index in [0.717, 1.165) is 0 Å². The molecule has 19 heavy (non-hydrogen) atoms. The molecule has 1 aromatic rings. The Morgan fingerprint density at radius 3 is 2.68 bits per heavy atom. The zero-order chi connectivity index (χ0) is 14.0. The second-order valence-electron chi connectivity index (χ2n) is 4.57. The van der Waals surface area contributed by atoms with Crippen LogP contribution in [-0.2, 0) is 9.84 Å². The monoisotopic (exact) mass is 290 g/mol. The van der Waals surface area contributed by atoms with Crippen LogP contribution < -0.4 is 10.2 Å². The largest absolute Gasteiger partial charge is 0.368 e. The van der Waals surface area contributed by atoms with Crippen LogP contribution in [0.15, 0.2) is 29.2 Å². The molecule has 0 radical (unpaired) electrons. The number of hydrogen-bond donors (Lipinski definition) is 1. The van der Waals surface area contributed by atoms with Crippen LogP contribution >= 0.6 is 0 Å². The average Bonchev–Trinajstić information content (AvgIpc) is 2.38. The number of para-hydroxylation sites is 1. The highest BCUT2D eigenvalue weighted by Crippen LogP contribution is 2.29. The van der Waals surface area contributed by atoms with E-state index in [1.54, 1.807) is 12.1 Å². The highest BCUT2D eigenvalue weighted by atomic mass is 32.2. The maximum Gasteiger partial charge on any atom is 0.341 e. The van der Waals surface area contributed by atoms with Gasteiger partial charge in [0.1, 0.15) is 0 Å². The Morgan fingerprint density at radius 2 is 2.05 bits per heavy atom. The molecule has 1 saturated heterocycles. The van der Waals surface area contributed by atoms with Gasteiger partial charge in [-0.1, -0.05) is 12.1 Å². The van der Waals surface area contributed by atoms with Gasteiger partial charge in [0.05, 0.1) is 10.6 Å². The lowest BCUT2D eigenvalue weighted by atomic mass is 10.2. The maximum absolute atomic E-state index is 12.7. The lowest BCUT2D eigenvalue weighted by molar-refractivity contribution is 0.234. The van der Waals surface area contributed by atoms with Crippen LogP contribution in [0.2, 0.25) is 0 Å². The molecule has 1 atom stereocenters. The second-order valence-corrected chi connectivity index (χ2v) is 6.46. The molecule has 4 nitrogen and oxygen atoms in total. The maximum atomic E-state index is 12.7. The van der Waals surface area contributed by atoms with E-state index in [0.29, 0.717) is 25.3 Å². The quantitative estimate of drug-likeness (QED) is 0.916. The summed E-state index contributed by atoms with van der Waals surface area (Å²) in [6, 6.07) is 6.13. The van der Waals surface area contributed by atoms with Gasteiger partial charge in [0, 0.05) is 25.7 Å². The zero-order valence-electron chi connectivity index (χ0n) is 10.5. The van der Waals surface area contributed by atoms with Crippen molar-refractivity contribution >= 4 is 15.5 Å². The fraction of sp³-hybridized carbons (Fsp3) is 0.500. The number of nitrogens with one attached hydrogen (secondary N) is 1. The molecular formula is C12H16F2N2O2S. The zero-order valence-corrected chi connectivity index (χ0v) is 11.3. The molecule has 0 spiro atoms. The van der Waals surface area contributed by atoms with Gasteiger partial charge in [0.2, 0.25) is 9.84 Å². The van der Waals surface area contributed by atoms with Crippen molar-refractivity contribution in [3.05, 3.63) is 24.3 Å². The summed E-state index contributed by atoms with van der Waals surface area (Å²) in [6.07, 6.45) is 0. The standard InChI is InChI=1S/C12H16F2N2O2S/c1-9-8-16(7-6-15-9)10-4-2-3-5-11(10)19(17,18)12(13)14/h2-5,9,12,15H,6-8H2,1H3/t9-/m1/s1. The first-order valence-electron chi connectivity index (χ1n) is 6.02. The van der Waals surface area contributed by atoms with Gasteiger partial charge in [-0.3, -0.25) is 0 Å². The van der Waals surface area contributed by atoms with Crippen LogP contribution in [0.3, 0.4) is 0 Å². The lowest BCUT2D eigenvalue weighted by Gasteiger charge is -2.34. The molecule has 0 unspecified atom stereocenters. The van der Waals surface area contributed by atoms with Crippen LogP contribution in [0.1, 0.15) is 6.92 Å². The Morgan fingerprint density at radius 1 is 1.37 bits per heavy atom. The molecule has 0 aliphatic carbocycles. The molecule has 7 heteroatoms. The Labute approximate surface area is 111 Å². The van der Waals surface area contributed by atoms with E-state index >= 15 is 0 Å². The lowest BCUT2D eigenvalue weighted by Crippen LogP contribution is -2.49. The minimum Gasteiger partial charge on any atom is -0.368 e. The Hall–Kier alpha value is -1.21. The molecule has 1 N–H and O–H groups in total. The Balaban J connectivity index is 2.42. The molecule has 0 saturated carbocycles. The van der Waals surface area contributed by atoms with Crippen LogP contribution in [0.4, 0.5) is 14.5 Å². The summed E-state index contributed by atoms with van der Waals surface area (Å²) < 4.78 is 48.8. The third-order valence-corrected chi connectivity index (χ3v) is 4.54. The van der Waals surface area contributed by atoms with Crippen LogP contribution in [0.5, 0.6) is 0 Å². The van der Waals surface area contributed by atoms with Crippen molar-refractivity contribution in [2.45, 2.75) is 23.6 Å². The molecule has 1 aliphatic heterocycles. The molecule has 0 amide bonds. The van der Waals surface area contributed by atoms with Gasteiger partial charge in [0.15, 0.2) is 0 Å². The second kappa shape index (κ2) is 5.42. The minimum atomic E-state index is -4.57. The number of piperazine rings is 1. The number of anilines is 1. The van der Waals surface area contributed by atoms with E-state index in [9.17, 15) is 17.2 Å². The number of nitrogens with zero attached hydrogens (tertiary/aromatic N) is 1. The summed E-state index contributed by atoms with van der Waals surface area (Å²) in [5.41, 5.74) is 0.358. The van der Waals surface area contributed by atoms with Crippen molar-refractivity contribution in [2.24, 2.45) is 0 Å². The first-order valence-corrected chi connectivity index (χ1v) is 7.57. The van der Waals surface area contributed by atoms with Gasteiger partial charge >= 0.3 is 5.76 Å². The van der Waals surface area contributed by atoms with Crippen molar-refractivity contribution in [3.63, 3.8) is 0 Å². The SMILES string of the molecule is C[C@@H]1CN(c2ccccc2S(=O)(=O)C(F)F)CCN1. The summed E-state index contributed by atoms with van der Waals surface area (Å²) >= 11 is 0. The van der Waals surface area contributed by atoms with Crippen molar-refractivity contribution < 1.29 is 17.2 Å². The fourth-order valence-electron chi connectivity index (χ4n) is 2.21. The van der Waals surface area contributed by atoms with E-state index < -0.39 is 15.6 Å². The van der Waals surface area contributed by atoms with Gasteiger partial charge in [-0.25, -0.2) is 8.42 Å². The topological polar surface area (TPSA) is 49.4 Å². The summed E-state index contributed by atoms with van der Waals surface area (Å²) in [5, 5.41) is 3.22. The molecule has 1 fully saturated rings. The fourth-order valence-corrected chi connectivity index (χ4v) is 3.15. The normalized spacial score (nSPS) is 20.8. The minimum absolute atomic E-state index is 0.191. The van der Waals surface area contributed by atoms with E-state index in [4.69, 9.17) is 0 Å². The summed E-state index contributed by atoms with van der Waals surface area (Å²) in [4.78, 5) is 1.54. The average molecular weight is 290 g/mol. The number of alkyl halides is 2.